The van der Waals surface area contributed by atoms with Gasteiger partial charge in [-0.3, -0.25) is 9.59 Å². The Bertz CT molecular complexity index is 1130. The van der Waals surface area contributed by atoms with Gasteiger partial charge in [0.15, 0.2) is 10.8 Å². The normalized spacial score (nSPS) is 12.9. The van der Waals surface area contributed by atoms with Gasteiger partial charge in [-0.2, -0.15) is 0 Å². The van der Waals surface area contributed by atoms with E-state index in [0.717, 1.165) is 17.8 Å². The second kappa shape index (κ2) is 14.2. The highest BCUT2D eigenvalue weighted by atomic mass is 32.1. The Morgan fingerprint density at radius 2 is 2.00 bits per heavy atom. The van der Waals surface area contributed by atoms with Crippen molar-refractivity contribution in [2.24, 2.45) is 16.6 Å². The monoisotopic (exact) mass is 536 g/mol. The number of aromatic hydroxyl groups is 1. The number of carbonyl (C=O) groups excluding carboxylic acids is 2. The minimum atomic E-state index is -2.08. The number of oxime groups is 1. The molecule has 0 bridgehead atoms. The van der Waals surface area contributed by atoms with Crippen LogP contribution in [-0.4, -0.2) is 81.5 Å². The van der Waals surface area contributed by atoms with Gasteiger partial charge in [-0.05, 0) is 37.4 Å². The summed E-state index contributed by atoms with van der Waals surface area (Å²) in [5.41, 5.74) is 10.7. The van der Waals surface area contributed by atoms with Gasteiger partial charge in [0.25, 0.3) is 5.91 Å². The topological polar surface area (TPSA) is 243 Å². The van der Waals surface area contributed by atoms with Crippen molar-refractivity contribution in [3.05, 3.63) is 40.4 Å². The number of hydrogen-bond donors (Lipinski definition) is 8. The predicted octanol–water partition coefficient (Wildman–Crippen LogP) is -0.968. The lowest BCUT2D eigenvalue weighted by Crippen LogP contribution is -2.50. The number of nitrogens with zero attached hydrogens (tertiary/aromatic N) is 2. The van der Waals surface area contributed by atoms with E-state index in [1.807, 2.05) is 0 Å². The van der Waals surface area contributed by atoms with Crippen molar-refractivity contribution >= 4 is 47.1 Å². The van der Waals surface area contributed by atoms with E-state index < -0.39 is 42.6 Å². The number of amides is 2. The van der Waals surface area contributed by atoms with Gasteiger partial charge in [-0.25, -0.2) is 9.78 Å². The number of thiazole rings is 1. The molecule has 16 heteroatoms. The molecule has 0 aliphatic rings. The molecule has 0 radical (unpaired) electrons. The number of aromatic nitrogens is 1. The number of carboxylic acid groups (broad SMARTS) is 1. The number of para-hydroxylation sites is 1. The van der Waals surface area contributed by atoms with Crippen LogP contribution >= 0.6 is 11.3 Å². The van der Waals surface area contributed by atoms with Gasteiger partial charge in [0, 0.05) is 5.38 Å². The van der Waals surface area contributed by atoms with Crippen molar-refractivity contribution in [1.29, 1.82) is 0 Å². The van der Waals surface area contributed by atoms with E-state index >= 15 is 0 Å². The van der Waals surface area contributed by atoms with Gasteiger partial charge in [-0.1, -0.05) is 23.7 Å². The van der Waals surface area contributed by atoms with Crippen LogP contribution in [0.3, 0.4) is 0 Å². The summed E-state index contributed by atoms with van der Waals surface area (Å²) in [6.45, 7) is 0.498. The lowest BCUT2D eigenvalue weighted by atomic mass is 9.75. The molecule has 10 N–H and O–H groups in total. The first-order valence-corrected chi connectivity index (χ1v) is 12.0. The largest absolute Gasteiger partial charge is 0.507 e. The van der Waals surface area contributed by atoms with Gasteiger partial charge in [0.05, 0.1) is 12.0 Å². The summed E-state index contributed by atoms with van der Waals surface area (Å²) in [6, 6.07) is 3.16. The number of nitrogens with two attached hydrogens (primary N) is 2. The molecule has 2 rings (SSSR count). The molecule has 0 aliphatic heterocycles. The summed E-state index contributed by atoms with van der Waals surface area (Å²) in [5.74, 6) is -4.67. The summed E-state index contributed by atoms with van der Waals surface area (Å²) in [4.78, 5) is 45.4. The van der Waals surface area contributed by atoms with Gasteiger partial charge < -0.3 is 47.2 Å². The van der Waals surface area contributed by atoms with Crippen molar-refractivity contribution in [1.82, 2.24) is 10.3 Å². The SMILES string of the molecule is CON=C(C(=O)NC(Cc1cccc(C(=O)O)c1O)B(O)O)c1csc(NC(=O)C(N)CCCCN)n1. The van der Waals surface area contributed by atoms with Crippen LogP contribution in [0.1, 0.15) is 40.9 Å². The molecule has 0 aliphatic carbocycles. The number of anilines is 1. The lowest BCUT2D eigenvalue weighted by Gasteiger charge is -2.19. The predicted molar refractivity (Wildman–Crippen MR) is 136 cm³/mol. The number of carboxylic acids is 1. The minimum absolute atomic E-state index is 0.0262. The molecule has 0 spiro atoms. The molecule has 2 amide bonds. The highest BCUT2D eigenvalue weighted by Gasteiger charge is 2.30. The standard InChI is InChI=1S/C21H29BN6O8S/c1-36-28-16(14-10-37-21(25-14)27-18(30)13(24)7-2-3-8-23)19(31)26-15(22(34)35)9-11-5-4-6-12(17(11)29)20(32)33/h4-6,10,13,15,29,34-35H,2-3,7-9,23-24H2,1H3,(H,26,31)(H,32,33)(H,25,27,30). The Balaban J connectivity index is 2.15. The van der Waals surface area contributed by atoms with E-state index in [1.165, 1.54) is 30.7 Å². The fourth-order valence-electron chi connectivity index (χ4n) is 3.21. The number of benzene rings is 1. The molecule has 1 aromatic heterocycles. The second-order valence-electron chi connectivity index (χ2n) is 7.86. The molecular formula is C21H29BN6O8S. The Kier molecular flexibility index (Phi) is 11.4. The molecule has 1 aromatic carbocycles. The third kappa shape index (κ3) is 8.50. The average molecular weight is 536 g/mol. The van der Waals surface area contributed by atoms with Crippen LogP contribution in [0.4, 0.5) is 5.13 Å². The molecule has 37 heavy (non-hydrogen) atoms. The molecule has 14 nitrogen and oxygen atoms in total. The average Bonchev–Trinajstić information content (AvgIpc) is 3.30. The number of unbranched alkanes of at least 4 members (excludes halogenated alkanes) is 1. The van der Waals surface area contributed by atoms with Crippen molar-refractivity contribution in [2.45, 2.75) is 37.7 Å². The molecule has 0 saturated carbocycles. The number of aromatic carboxylic acids is 1. The Labute approximate surface area is 216 Å². The number of nitrogens with one attached hydrogen (secondary N) is 2. The summed E-state index contributed by atoms with van der Waals surface area (Å²) < 4.78 is 0. The summed E-state index contributed by atoms with van der Waals surface area (Å²) >= 11 is 1.01. The zero-order valence-corrected chi connectivity index (χ0v) is 20.8. The first-order chi connectivity index (χ1) is 17.6. The van der Waals surface area contributed by atoms with Crippen LogP contribution in [0.25, 0.3) is 0 Å². The summed E-state index contributed by atoms with van der Waals surface area (Å²) in [5, 5.41) is 49.1. The van der Waals surface area contributed by atoms with Gasteiger partial charge in [0.2, 0.25) is 5.91 Å². The van der Waals surface area contributed by atoms with Crippen LogP contribution < -0.4 is 22.1 Å². The van der Waals surface area contributed by atoms with Crippen LogP contribution in [0, 0.1) is 0 Å². The summed E-state index contributed by atoms with van der Waals surface area (Å²) in [6.07, 6.45) is 1.55. The first kappa shape index (κ1) is 29.7. The molecule has 0 fully saturated rings. The van der Waals surface area contributed by atoms with E-state index in [1.54, 1.807) is 0 Å². The molecule has 2 aromatic rings. The highest BCUT2D eigenvalue weighted by Crippen LogP contribution is 2.24. The molecule has 0 saturated heterocycles. The third-order valence-electron chi connectivity index (χ3n) is 5.15. The smallest absolute Gasteiger partial charge is 0.475 e. The fourth-order valence-corrected chi connectivity index (χ4v) is 3.90. The van der Waals surface area contributed by atoms with Crippen molar-refractivity contribution in [3.8, 4) is 5.75 Å². The van der Waals surface area contributed by atoms with Crippen LogP contribution in [0.2, 0.25) is 0 Å². The van der Waals surface area contributed by atoms with E-state index in [9.17, 15) is 34.6 Å². The Morgan fingerprint density at radius 1 is 1.27 bits per heavy atom. The maximum atomic E-state index is 12.9. The Morgan fingerprint density at radius 3 is 2.62 bits per heavy atom. The molecule has 2 atom stereocenters. The molecule has 2 unspecified atom stereocenters. The molecule has 200 valence electrons. The van der Waals surface area contributed by atoms with E-state index in [0.29, 0.717) is 19.4 Å². The minimum Gasteiger partial charge on any atom is -0.507 e. The highest BCUT2D eigenvalue weighted by molar-refractivity contribution is 7.14. The number of carbonyl (C=O) groups is 3. The zero-order valence-electron chi connectivity index (χ0n) is 20.0. The summed E-state index contributed by atoms with van der Waals surface area (Å²) in [7, 11) is -0.886. The van der Waals surface area contributed by atoms with Crippen LogP contribution in [-0.2, 0) is 20.8 Å². The second-order valence-corrected chi connectivity index (χ2v) is 8.71. The quantitative estimate of drug-likeness (QED) is 0.0632. The van der Waals surface area contributed by atoms with E-state index in [2.05, 4.69) is 20.8 Å². The van der Waals surface area contributed by atoms with Gasteiger partial charge in [-0.15, -0.1) is 11.3 Å². The fraction of sp³-hybridized carbons (Fsp3) is 0.381. The van der Waals surface area contributed by atoms with Crippen molar-refractivity contribution in [2.75, 3.05) is 19.0 Å². The van der Waals surface area contributed by atoms with Gasteiger partial charge in [0.1, 0.15) is 24.1 Å². The molecular weight excluding hydrogens is 507 g/mol. The molecule has 1 heterocycles. The van der Waals surface area contributed by atoms with Crippen LogP contribution in [0.5, 0.6) is 5.75 Å². The lowest BCUT2D eigenvalue weighted by molar-refractivity contribution is -0.117. The zero-order chi connectivity index (χ0) is 27.5. The van der Waals surface area contributed by atoms with Crippen molar-refractivity contribution in [3.63, 3.8) is 0 Å². The number of rotatable bonds is 14. The maximum absolute atomic E-state index is 12.9. The van der Waals surface area contributed by atoms with Gasteiger partial charge >= 0.3 is 13.1 Å². The van der Waals surface area contributed by atoms with Crippen LogP contribution in [0.15, 0.2) is 28.7 Å². The number of phenols is 1. The van der Waals surface area contributed by atoms with E-state index in [4.69, 9.17) is 16.3 Å². The van der Waals surface area contributed by atoms with E-state index in [-0.39, 0.29) is 34.1 Å². The number of hydrogen-bond acceptors (Lipinski definition) is 12. The maximum Gasteiger partial charge on any atom is 0.475 e. The third-order valence-corrected chi connectivity index (χ3v) is 5.90. The first-order valence-electron chi connectivity index (χ1n) is 11.1. The Hall–Kier alpha value is -3.57. The van der Waals surface area contributed by atoms with Crippen molar-refractivity contribution < 1.29 is 39.5 Å².